The van der Waals surface area contributed by atoms with Crippen molar-refractivity contribution in [1.29, 1.82) is 0 Å². The summed E-state index contributed by atoms with van der Waals surface area (Å²) in [4.78, 5) is 0. The molecule has 0 saturated heterocycles. The molecule has 0 saturated carbocycles. The van der Waals surface area contributed by atoms with Crippen LogP contribution in [0.4, 0.5) is 0 Å². The predicted octanol–water partition coefficient (Wildman–Crippen LogP) is 2.07. The van der Waals surface area contributed by atoms with Gasteiger partial charge in [-0.3, -0.25) is 0 Å². The van der Waals surface area contributed by atoms with Crippen LogP contribution in [-0.4, -0.2) is 6.30 Å². The van der Waals surface area contributed by atoms with Gasteiger partial charge in [0.15, 0.2) is 0 Å². The molecule has 4 unspecified atom stereocenters. The zero-order valence-electron chi connectivity index (χ0n) is 2.78. The van der Waals surface area contributed by atoms with E-state index >= 15 is 0 Å². The predicted molar refractivity (Wildman–Crippen MR) is 41.8 cm³/mol. The maximum absolute atomic E-state index is 3.71. The van der Waals surface area contributed by atoms with Crippen molar-refractivity contribution in [3.05, 3.63) is 0 Å². The fraction of sp³-hybridized carbons (Fsp3) is 0. The molecule has 0 aromatic rings. The molecule has 0 heterocycles. The van der Waals surface area contributed by atoms with Gasteiger partial charge in [-0.25, -0.2) is 0 Å². The zero-order valence-corrected chi connectivity index (χ0v) is 6.94. The van der Waals surface area contributed by atoms with Crippen molar-refractivity contribution in [2.24, 2.45) is 0 Å². The molecule has 5 heavy (non-hydrogen) atoms. The van der Waals surface area contributed by atoms with Gasteiger partial charge in [0.1, 0.15) is 7.96 Å². The van der Waals surface area contributed by atoms with E-state index in [4.69, 9.17) is 0 Å². The maximum Gasteiger partial charge on any atom is 0.120 e. The van der Waals surface area contributed by atoms with Gasteiger partial charge in [-0.15, -0.1) is 8.93 Å². The van der Waals surface area contributed by atoms with Crippen LogP contribution in [0.2, 0.25) is 0 Å². The van der Waals surface area contributed by atoms with Gasteiger partial charge in [-0.2, -0.15) is 0 Å². The molecule has 30 valence electrons. The van der Waals surface area contributed by atoms with E-state index in [1.165, 1.54) is 0 Å². The average molecular weight is 143 g/mol. The molecular weight excluding hydrogens is 136 g/mol. The lowest BCUT2D eigenvalue weighted by atomic mass is 12.0. The van der Waals surface area contributed by atoms with Crippen molar-refractivity contribution < 1.29 is 0 Å². The molecule has 0 fully saturated rings. The van der Waals surface area contributed by atoms with Crippen LogP contribution in [0.5, 0.6) is 0 Å². The first-order valence-corrected chi connectivity index (χ1v) is 8.16. The van der Waals surface area contributed by atoms with Gasteiger partial charge < -0.3 is 0 Å². The lowest BCUT2D eigenvalue weighted by Gasteiger charge is -1.63. The Kier molecular flexibility index (Phi) is 7.05. The summed E-state index contributed by atoms with van der Waals surface area (Å²) in [6.45, 7) is 0. The first-order valence-electron chi connectivity index (χ1n) is 1.14. The second-order valence-corrected chi connectivity index (χ2v) is 8.86. The monoisotopic (exact) mass is 143 g/mol. The quantitative estimate of drug-likeness (QED) is 0.519. The van der Waals surface area contributed by atoms with Crippen molar-refractivity contribution in [3.8, 4) is 0 Å². The largest absolute Gasteiger partial charge is 0.120 e. The number of hydrogen-bond donors (Lipinski definition) is 0. The van der Waals surface area contributed by atoms with Crippen LogP contribution in [0, 0.1) is 0 Å². The van der Waals surface area contributed by atoms with Crippen LogP contribution in [-0.2, 0) is 0 Å². The van der Waals surface area contributed by atoms with Crippen LogP contribution in [0.15, 0.2) is 0 Å². The highest BCUT2D eigenvalue weighted by atomic mass is 32.6. The fourth-order valence-electron chi connectivity index (χ4n) is 0.0510. The molecule has 0 amide bonds. The van der Waals surface area contributed by atoms with Crippen molar-refractivity contribution in [3.63, 3.8) is 0 Å². The molecule has 0 aliphatic rings. The van der Waals surface area contributed by atoms with E-state index in [0.717, 1.165) is 23.8 Å². The minimum Gasteiger partial charge on any atom is -0.106 e. The minimum atomic E-state index is 0.927. The molecule has 0 aliphatic heterocycles. The number of hydrogen-bond acceptors (Lipinski definition) is 0. The normalized spacial score (nSPS) is 13.8. The molecular formula is CH7P4+. The highest BCUT2D eigenvalue weighted by Gasteiger charge is 1.72. The third-order valence-corrected chi connectivity index (χ3v) is 8.23. The first kappa shape index (κ1) is 6.46. The van der Waals surface area contributed by atoms with E-state index in [1.54, 1.807) is 0 Å². The Balaban J connectivity index is 2.40. The van der Waals surface area contributed by atoms with Gasteiger partial charge >= 0.3 is 0 Å². The van der Waals surface area contributed by atoms with Crippen LogP contribution >= 0.6 is 32.7 Å². The lowest BCUT2D eigenvalue weighted by Crippen LogP contribution is -0.928. The van der Waals surface area contributed by atoms with Gasteiger partial charge in [-0.05, 0) is 7.96 Å². The zero-order chi connectivity index (χ0) is 4.12. The Morgan fingerprint density at radius 3 is 2.40 bits per heavy atom. The Morgan fingerprint density at radius 1 is 1.80 bits per heavy atom. The van der Waals surface area contributed by atoms with Crippen molar-refractivity contribution in [2.45, 2.75) is 0 Å². The maximum atomic E-state index is 3.71. The molecule has 0 aromatic carbocycles. The lowest BCUT2D eigenvalue weighted by molar-refractivity contribution is 4.70. The molecule has 0 aromatic heterocycles. The second kappa shape index (κ2) is 5.46. The third kappa shape index (κ3) is 5.46. The van der Waals surface area contributed by atoms with E-state index in [0.29, 0.717) is 0 Å². The fourth-order valence-corrected chi connectivity index (χ4v) is 4.13. The van der Waals surface area contributed by atoms with Gasteiger partial charge in [0.2, 0.25) is 0 Å². The topological polar surface area (TPSA) is 0 Å². The van der Waals surface area contributed by atoms with Gasteiger partial charge in [0.25, 0.3) is 0 Å². The summed E-state index contributed by atoms with van der Waals surface area (Å²) in [6.07, 6.45) is 3.71. The Morgan fingerprint density at radius 2 is 2.40 bits per heavy atom. The Labute approximate surface area is 39.8 Å². The summed E-state index contributed by atoms with van der Waals surface area (Å²) < 4.78 is 0. The van der Waals surface area contributed by atoms with Crippen molar-refractivity contribution in [2.75, 3.05) is 0 Å². The summed E-state index contributed by atoms with van der Waals surface area (Å²) in [5.41, 5.74) is 0. The molecule has 0 rings (SSSR count). The molecule has 0 bridgehead atoms. The van der Waals surface area contributed by atoms with E-state index in [2.05, 4.69) is 15.2 Å². The van der Waals surface area contributed by atoms with Gasteiger partial charge in [-0.1, -0.05) is 0 Å². The second-order valence-electron chi connectivity index (χ2n) is 0.446. The van der Waals surface area contributed by atoms with E-state index < -0.39 is 0 Å². The Hall–Kier alpha value is 1.46. The molecule has 0 radical (unpaired) electrons. The van der Waals surface area contributed by atoms with Gasteiger partial charge in [0, 0.05) is 0 Å². The Bertz CT molecular complexity index is 24.8. The van der Waals surface area contributed by atoms with Gasteiger partial charge in [0.05, 0.1) is 14.2 Å². The summed E-state index contributed by atoms with van der Waals surface area (Å²) in [5.74, 6) is 0. The third-order valence-electron chi connectivity index (χ3n) is 0.161. The number of rotatable bonds is 2. The minimum absolute atomic E-state index is 0.927. The standard InChI is InChI=1S/CH6P4/c1-3-5-4-2/h4-5H,1-2H2/p+1. The smallest absolute Gasteiger partial charge is 0.106 e. The van der Waals surface area contributed by atoms with E-state index in [1.807, 2.05) is 0 Å². The molecule has 4 heteroatoms. The summed E-state index contributed by atoms with van der Waals surface area (Å²) >= 11 is 0. The average Bonchev–Trinajstić information content (AvgIpc) is 1.41. The molecule has 4 atom stereocenters. The summed E-state index contributed by atoms with van der Waals surface area (Å²) in [7, 11) is 5.79. The molecule has 0 spiro atoms. The first-order chi connectivity index (χ1) is 2.41. The summed E-state index contributed by atoms with van der Waals surface area (Å²) in [5, 5.41) is 0. The van der Waals surface area contributed by atoms with Crippen LogP contribution < -0.4 is 0 Å². The highest BCUT2D eigenvalue weighted by molar-refractivity contribution is 8.56. The van der Waals surface area contributed by atoms with Crippen LogP contribution in [0.1, 0.15) is 0 Å². The molecule has 0 N–H and O–H groups in total. The SMILES string of the molecule is C=[PH+]PPP. The van der Waals surface area contributed by atoms with Crippen molar-refractivity contribution >= 4 is 39.0 Å². The highest BCUT2D eigenvalue weighted by Crippen LogP contribution is 2.51. The molecule has 0 nitrogen and oxygen atoms in total. The van der Waals surface area contributed by atoms with Crippen LogP contribution in [0.25, 0.3) is 0 Å². The molecule has 0 aliphatic carbocycles. The van der Waals surface area contributed by atoms with Crippen LogP contribution in [0.3, 0.4) is 0 Å². The summed E-state index contributed by atoms with van der Waals surface area (Å²) in [6, 6.07) is 0. The van der Waals surface area contributed by atoms with Crippen molar-refractivity contribution in [1.82, 2.24) is 0 Å². The van der Waals surface area contributed by atoms with E-state index in [9.17, 15) is 0 Å². The van der Waals surface area contributed by atoms with E-state index in [-0.39, 0.29) is 0 Å².